The number of quaternary nitrogens is 2. The van der Waals surface area contributed by atoms with Gasteiger partial charge in [-0.25, -0.2) is 15.2 Å². The molecule has 0 aromatic carbocycles. The largest absolute Gasteiger partial charge is 0.622 e. The van der Waals surface area contributed by atoms with E-state index in [0.717, 1.165) is 5.69 Å². The van der Waals surface area contributed by atoms with E-state index in [1.54, 1.807) is 49.1 Å². The van der Waals surface area contributed by atoms with Gasteiger partial charge in [0, 0.05) is 12.2 Å². The molecule has 130 valence electrons. The zero-order valence-electron chi connectivity index (χ0n) is 14.1. The molecule has 2 aliphatic heterocycles. The zero-order chi connectivity index (χ0) is 18.0. The van der Waals surface area contributed by atoms with Crippen molar-refractivity contribution in [2.45, 2.75) is 13.1 Å². The molecule has 6 nitrogen and oxygen atoms in total. The molecule has 0 aliphatic carbocycles. The van der Waals surface area contributed by atoms with Gasteiger partial charge in [0.1, 0.15) is 31.3 Å². The lowest BCUT2D eigenvalue weighted by Gasteiger charge is -2.32. The first-order valence-electron chi connectivity index (χ1n) is 8.39. The summed E-state index contributed by atoms with van der Waals surface area (Å²) in [6, 6.07) is 11.3. The molecule has 6 heteroatoms. The minimum absolute atomic E-state index is 0.243. The molecule has 0 amide bonds. The Bertz CT molecular complexity index is 845. The summed E-state index contributed by atoms with van der Waals surface area (Å²) in [7, 11) is 0. The smallest absolute Gasteiger partial charge is 0.160 e. The fraction of sp³-hybridized carbons (Fsp3) is 0.100. The number of hydrogen-bond donors (Lipinski definition) is 1. The average molecular weight is 347 g/mol. The number of rotatable bonds is 5. The van der Waals surface area contributed by atoms with Gasteiger partial charge < -0.3 is 9.85 Å². The molecule has 0 spiro atoms. The predicted molar refractivity (Wildman–Crippen MR) is 97.1 cm³/mol. The van der Waals surface area contributed by atoms with Crippen molar-refractivity contribution in [1.29, 1.82) is 0 Å². The Labute approximate surface area is 151 Å². The Morgan fingerprint density at radius 3 is 1.81 bits per heavy atom. The van der Waals surface area contributed by atoms with Crippen LogP contribution in [0.4, 0.5) is 0 Å². The van der Waals surface area contributed by atoms with E-state index in [1.165, 1.54) is 0 Å². The Morgan fingerprint density at radius 1 is 0.731 bits per heavy atom. The summed E-state index contributed by atoms with van der Waals surface area (Å²) < 4.78 is -0.828. The SMILES string of the molecule is [O-][N+]1(Cc2cccc(-c3cccc(C[N+]4(O)C=CC=C4)n3)n2)C=CC=C1. The van der Waals surface area contributed by atoms with E-state index in [4.69, 9.17) is 0 Å². The van der Waals surface area contributed by atoms with Gasteiger partial charge in [0.15, 0.2) is 6.54 Å². The molecule has 0 saturated carbocycles. The van der Waals surface area contributed by atoms with E-state index in [-0.39, 0.29) is 11.2 Å². The Balaban J connectivity index is 1.58. The van der Waals surface area contributed by atoms with Crippen molar-refractivity contribution in [2.24, 2.45) is 0 Å². The summed E-state index contributed by atoms with van der Waals surface area (Å²) in [6.45, 7) is 0.587. The van der Waals surface area contributed by atoms with Gasteiger partial charge in [-0.2, -0.15) is 0 Å². The second-order valence-electron chi connectivity index (χ2n) is 6.45. The van der Waals surface area contributed by atoms with Crippen LogP contribution >= 0.6 is 0 Å². The van der Waals surface area contributed by atoms with Crippen LogP contribution in [0, 0.1) is 5.21 Å². The second kappa shape index (κ2) is 6.44. The van der Waals surface area contributed by atoms with Gasteiger partial charge in [-0.1, -0.05) is 12.1 Å². The van der Waals surface area contributed by atoms with Gasteiger partial charge in [-0.05, 0) is 36.4 Å². The van der Waals surface area contributed by atoms with Gasteiger partial charge in [0.05, 0.1) is 22.8 Å². The number of aromatic nitrogens is 2. The highest BCUT2D eigenvalue weighted by Gasteiger charge is 2.23. The van der Waals surface area contributed by atoms with E-state index >= 15 is 0 Å². The van der Waals surface area contributed by atoms with E-state index in [1.807, 2.05) is 36.4 Å². The van der Waals surface area contributed by atoms with Crippen LogP contribution in [0.2, 0.25) is 0 Å². The van der Waals surface area contributed by atoms with Crippen LogP contribution in [0.5, 0.6) is 0 Å². The topological polar surface area (TPSA) is 69.1 Å². The molecule has 4 heterocycles. The van der Waals surface area contributed by atoms with Crippen LogP contribution in [0.25, 0.3) is 11.4 Å². The molecule has 0 unspecified atom stereocenters. The van der Waals surface area contributed by atoms with Crippen LogP contribution in [0.15, 0.2) is 85.5 Å². The third-order valence-corrected chi connectivity index (χ3v) is 4.29. The highest BCUT2D eigenvalue weighted by Crippen LogP contribution is 2.22. The lowest BCUT2D eigenvalue weighted by molar-refractivity contribution is -1.03. The third kappa shape index (κ3) is 3.54. The summed E-state index contributed by atoms with van der Waals surface area (Å²) in [5.74, 6) is 0. The fourth-order valence-electron chi connectivity index (χ4n) is 3.03. The first-order valence-corrected chi connectivity index (χ1v) is 8.39. The maximum Gasteiger partial charge on any atom is 0.160 e. The molecular weight excluding hydrogens is 328 g/mol. The molecular formula is C20H19N4O2+. The number of hydrogen-bond acceptors (Lipinski definition) is 4. The van der Waals surface area contributed by atoms with Crippen molar-refractivity contribution in [3.63, 3.8) is 0 Å². The summed E-state index contributed by atoms with van der Waals surface area (Å²) >= 11 is 0. The van der Waals surface area contributed by atoms with E-state index in [0.29, 0.717) is 23.6 Å². The van der Waals surface area contributed by atoms with Crippen molar-refractivity contribution in [3.05, 3.63) is 102 Å². The normalized spacial score (nSPS) is 18.7. The van der Waals surface area contributed by atoms with Gasteiger partial charge >= 0.3 is 0 Å². The van der Waals surface area contributed by atoms with Crippen LogP contribution in [0.3, 0.4) is 0 Å². The van der Waals surface area contributed by atoms with Gasteiger partial charge in [0.25, 0.3) is 0 Å². The van der Waals surface area contributed by atoms with Gasteiger partial charge in [-0.15, -0.1) is 4.65 Å². The van der Waals surface area contributed by atoms with Gasteiger partial charge in [-0.3, -0.25) is 0 Å². The van der Waals surface area contributed by atoms with E-state index in [9.17, 15) is 10.4 Å². The first-order chi connectivity index (χ1) is 12.5. The Hall–Kier alpha value is -2.90. The van der Waals surface area contributed by atoms with Crippen LogP contribution in [-0.2, 0) is 13.1 Å². The molecule has 0 radical (unpaired) electrons. The van der Waals surface area contributed by atoms with Crippen molar-refractivity contribution in [2.75, 3.05) is 0 Å². The minimum Gasteiger partial charge on any atom is -0.622 e. The molecule has 26 heavy (non-hydrogen) atoms. The molecule has 0 saturated heterocycles. The monoisotopic (exact) mass is 347 g/mol. The van der Waals surface area contributed by atoms with E-state index in [2.05, 4.69) is 9.97 Å². The fourth-order valence-corrected chi connectivity index (χ4v) is 3.03. The molecule has 2 aromatic heterocycles. The van der Waals surface area contributed by atoms with Gasteiger partial charge in [0.2, 0.25) is 0 Å². The van der Waals surface area contributed by atoms with Crippen molar-refractivity contribution < 1.29 is 14.5 Å². The summed E-state index contributed by atoms with van der Waals surface area (Å²) in [4.78, 5) is 9.23. The number of nitrogens with zero attached hydrogens (tertiary/aromatic N) is 4. The van der Waals surface area contributed by atoms with Crippen molar-refractivity contribution in [1.82, 2.24) is 9.97 Å². The molecule has 4 rings (SSSR count). The highest BCUT2D eigenvalue weighted by molar-refractivity contribution is 5.54. The molecule has 0 bridgehead atoms. The predicted octanol–water partition coefficient (Wildman–Crippen LogP) is 3.75. The maximum absolute atomic E-state index is 12.5. The van der Waals surface area contributed by atoms with E-state index < -0.39 is 4.65 Å². The third-order valence-electron chi connectivity index (χ3n) is 4.29. The highest BCUT2D eigenvalue weighted by atomic mass is 16.5. The molecule has 2 aliphatic rings. The molecule has 1 N–H and O–H groups in total. The average Bonchev–Trinajstić information content (AvgIpc) is 3.24. The molecule has 0 atom stereocenters. The lowest BCUT2D eigenvalue weighted by atomic mass is 10.2. The summed E-state index contributed by atoms with van der Waals surface area (Å²) in [5.41, 5.74) is 2.89. The van der Waals surface area contributed by atoms with Crippen LogP contribution < -0.4 is 0 Å². The summed E-state index contributed by atoms with van der Waals surface area (Å²) in [6.07, 6.45) is 13.7. The maximum atomic E-state index is 12.5. The second-order valence-corrected chi connectivity index (χ2v) is 6.45. The minimum atomic E-state index is -0.535. The Morgan fingerprint density at radius 2 is 1.23 bits per heavy atom. The van der Waals surface area contributed by atoms with Crippen LogP contribution in [-0.4, -0.2) is 24.5 Å². The number of allylic oxidation sites excluding steroid dienone is 4. The standard InChI is InChI=1S/C20H19N4O2/c25-23(11-1-2-12-23)15-17-7-5-9-19(21-17)20-10-6-8-18(22-20)16-24(26)13-3-4-14-24/h1-14,25H,15-16H2/q+1. The number of pyridine rings is 2. The molecule has 0 fully saturated rings. The van der Waals surface area contributed by atoms with Crippen molar-refractivity contribution >= 4 is 0 Å². The Kier molecular flexibility index (Phi) is 4.10. The lowest BCUT2D eigenvalue weighted by Crippen LogP contribution is -2.30. The van der Waals surface area contributed by atoms with Crippen LogP contribution in [0.1, 0.15) is 11.4 Å². The summed E-state index contributed by atoms with van der Waals surface area (Å²) in [5, 5.41) is 22.9. The van der Waals surface area contributed by atoms with Crippen molar-refractivity contribution in [3.8, 4) is 11.4 Å². The zero-order valence-corrected chi connectivity index (χ0v) is 14.1. The first kappa shape index (κ1) is 16.6. The molecule has 2 aromatic rings. The number of hydroxylamine groups is 6. The quantitative estimate of drug-likeness (QED) is 0.661.